The lowest BCUT2D eigenvalue weighted by Crippen LogP contribution is -2.36. The average Bonchev–Trinajstić information content (AvgIpc) is 2.36. The molecule has 0 saturated carbocycles. The van der Waals surface area contributed by atoms with Crippen molar-refractivity contribution in [3.8, 4) is 0 Å². The van der Waals surface area contributed by atoms with Gasteiger partial charge < -0.3 is 4.90 Å². The molecule has 1 amide bonds. The largest absolute Gasteiger partial charge is 0.416 e. The highest BCUT2D eigenvalue weighted by Crippen LogP contribution is 2.35. The van der Waals surface area contributed by atoms with E-state index >= 15 is 0 Å². The molecular weight excluding hydrogens is 255 g/mol. The van der Waals surface area contributed by atoms with Crippen LogP contribution in [0.2, 0.25) is 0 Å². The third-order valence-corrected chi connectivity index (χ3v) is 3.20. The first kappa shape index (κ1) is 13.6. The van der Waals surface area contributed by atoms with Gasteiger partial charge in [-0.3, -0.25) is 4.79 Å². The maximum Gasteiger partial charge on any atom is 0.416 e. The highest BCUT2D eigenvalue weighted by molar-refractivity contribution is 5.87. The number of amides is 1. The minimum atomic E-state index is -4.38. The molecule has 0 fully saturated rings. The van der Waals surface area contributed by atoms with Gasteiger partial charge in [0.2, 0.25) is 5.91 Å². The molecule has 0 aromatic heterocycles. The summed E-state index contributed by atoms with van der Waals surface area (Å²) in [4.78, 5) is 13.2. The van der Waals surface area contributed by atoms with Gasteiger partial charge in [-0.25, -0.2) is 0 Å². The Morgan fingerprint density at radius 1 is 1.37 bits per heavy atom. The number of rotatable bonds is 1. The fraction of sp³-hybridized carbons (Fsp3) is 0.357. The second kappa shape index (κ2) is 5.07. The molecule has 0 radical (unpaired) electrons. The first-order valence-corrected chi connectivity index (χ1v) is 6.03. The maximum absolute atomic E-state index is 12.9. The molecule has 1 aliphatic heterocycles. The van der Waals surface area contributed by atoms with E-state index in [4.69, 9.17) is 0 Å². The van der Waals surface area contributed by atoms with Crippen LogP contribution in [0.3, 0.4) is 0 Å². The monoisotopic (exact) mass is 269 g/mol. The van der Waals surface area contributed by atoms with Gasteiger partial charge in [-0.05, 0) is 36.6 Å². The lowest BCUT2D eigenvalue weighted by molar-refractivity contribution is -0.139. The smallest absolute Gasteiger partial charge is 0.334 e. The van der Waals surface area contributed by atoms with Crippen molar-refractivity contribution >= 4 is 5.91 Å². The van der Waals surface area contributed by atoms with Crippen LogP contribution < -0.4 is 0 Å². The first-order valence-electron chi connectivity index (χ1n) is 6.03. The van der Waals surface area contributed by atoms with Gasteiger partial charge >= 0.3 is 6.18 Å². The van der Waals surface area contributed by atoms with E-state index in [9.17, 15) is 18.0 Å². The fourth-order valence-electron chi connectivity index (χ4n) is 2.28. The van der Waals surface area contributed by atoms with E-state index in [1.807, 2.05) is 0 Å². The molecule has 19 heavy (non-hydrogen) atoms. The zero-order valence-corrected chi connectivity index (χ0v) is 10.5. The molecule has 0 N–H and O–H groups in total. The molecule has 0 atom stereocenters. The summed E-state index contributed by atoms with van der Waals surface area (Å²) >= 11 is 0. The van der Waals surface area contributed by atoms with Crippen LogP contribution in [0.4, 0.5) is 13.2 Å². The van der Waals surface area contributed by atoms with E-state index in [-0.39, 0.29) is 18.0 Å². The quantitative estimate of drug-likeness (QED) is 0.717. The van der Waals surface area contributed by atoms with Crippen molar-refractivity contribution in [3.63, 3.8) is 0 Å². The molecule has 1 aromatic carbocycles. The lowest BCUT2D eigenvalue weighted by Gasteiger charge is -2.30. The molecule has 2 nitrogen and oxygen atoms in total. The predicted molar refractivity (Wildman–Crippen MR) is 65.4 cm³/mol. The molecule has 1 aliphatic rings. The molecule has 2 rings (SSSR count). The molecule has 0 spiro atoms. The molecule has 1 heterocycles. The minimum absolute atomic E-state index is 0.0220. The molecular formula is C14H14F3NO. The number of nitrogens with zero attached hydrogens (tertiary/aromatic N) is 1. The van der Waals surface area contributed by atoms with Crippen molar-refractivity contribution < 1.29 is 18.0 Å². The lowest BCUT2D eigenvalue weighted by atomic mass is 9.94. The maximum atomic E-state index is 12.9. The van der Waals surface area contributed by atoms with Crippen LogP contribution in [0.15, 0.2) is 30.4 Å². The number of halogens is 3. The third kappa shape index (κ3) is 2.80. The highest BCUT2D eigenvalue weighted by Gasteiger charge is 2.35. The van der Waals surface area contributed by atoms with E-state index in [1.165, 1.54) is 17.0 Å². The molecule has 0 saturated heterocycles. The zero-order chi connectivity index (χ0) is 14.0. The summed E-state index contributed by atoms with van der Waals surface area (Å²) in [7, 11) is 0. The van der Waals surface area contributed by atoms with Crippen LogP contribution in [0.1, 0.15) is 23.6 Å². The van der Waals surface area contributed by atoms with Crippen LogP contribution in [0, 0.1) is 0 Å². The fourth-order valence-corrected chi connectivity index (χ4v) is 2.28. The van der Waals surface area contributed by atoms with Crippen LogP contribution in [-0.2, 0) is 23.9 Å². The number of benzene rings is 1. The summed E-state index contributed by atoms with van der Waals surface area (Å²) in [6.45, 7) is 2.18. The van der Waals surface area contributed by atoms with Gasteiger partial charge in [-0.15, -0.1) is 0 Å². The summed E-state index contributed by atoms with van der Waals surface area (Å²) in [5.41, 5.74) is 0.265. The van der Waals surface area contributed by atoms with Crippen LogP contribution in [0.25, 0.3) is 0 Å². The first-order chi connectivity index (χ1) is 8.93. The Bertz CT molecular complexity index is 520. The molecule has 5 heteroatoms. The molecule has 102 valence electrons. The van der Waals surface area contributed by atoms with Crippen LogP contribution >= 0.6 is 0 Å². The topological polar surface area (TPSA) is 20.3 Å². The number of hydrogen-bond donors (Lipinski definition) is 0. The Morgan fingerprint density at radius 2 is 2.11 bits per heavy atom. The molecule has 1 aromatic rings. The Morgan fingerprint density at radius 3 is 2.74 bits per heavy atom. The van der Waals surface area contributed by atoms with Gasteiger partial charge in [0.15, 0.2) is 0 Å². The second-order valence-corrected chi connectivity index (χ2v) is 4.45. The molecule has 0 unspecified atom stereocenters. The summed E-state index contributed by atoms with van der Waals surface area (Å²) in [6.07, 6.45) is -0.949. The number of carbonyl (C=O) groups excluding carboxylic acids is 1. The summed E-state index contributed by atoms with van der Waals surface area (Å²) in [5, 5.41) is 0. The number of allylic oxidation sites excluding steroid dienone is 1. The highest BCUT2D eigenvalue weighted by atomic mass is 19.4. The number of fused-ring (bicyclic) bond motifs is 1. The Labute approximate surface area is 109 Å². The third-order valence-electron chi connectivity index (χ3n) is 3.20. The van der Waals surface area contributed by atoms with Crippen molar-refractivity contribution in [1.29, 1.82) is 0 Å². The number of alkyl halides is 3. The van der Waals surface area contributed by atoms with Crippen molar-refractivity contribution in [2.45, 2.75) is 26.1 Å². The van der Waals surface area contributed by atoms with Gasteiger partial charge in [0.1, 0.15) is 0 Å². The number of hydrogen-bond acceptors (Lipinski definition) is 1. The zero-order valence-electron chi connectivity index (χ0n) is 10.5. The van der Waals surface area contributed by atoms with Crippen molar-refractivity contribution in [3.05, 3.63) is 47.0 Å². The van der Waals surface area contributed by atoms with E-state index in [1.54, 1.807) is 19.1 Å². The standard InChI is InChI=1S/C14H14F3NO/c1-2-4-13(19)18-8-7-10-5-3-6-12(11(10)9-18)14(15,16)17/h2-6H,7-9H2,1H3. The van der Waals surface area contributed by atoms with Crippen molar-refractivity contribution in [1.82, 2.24) is 4.90 Å². The Balaban J connectivity index is 2.35. The Hall–Kier alpha value is -1.78. The normalized spacial score (nSPS) is 15.7. The van der Waals surface area contributed by atoms with Gasteiger partial charge in [0.05, 0.1) is 5.56 Å². The van der Waals surface area contributed by atoms with E-state index in [0.717, 1.165) is 6.07 Å². The minimum Gasteiger partial charge on any atom is -0.334 e. The van der Waals surface area contributed by atoms with Gasteiger partial charge in [0, 0.05) is 13.1 Å². The molecule has 0 bridgehead atoms. The van der Waals surface area contributed by atoms with Gasteiger partial charge in [-0.1, -0.05) is 18.2 Å². The van der Waals surface area contributed by atoms with Gasteiger partial charge in [-0.2, -0.15) is 13.2 Å². The summed E-state index contributed by atoms with van der Waals surface area (Å²) in [6, 6.07) is 4.19. The SMILES string of the molecule is CC=CC(=O)N1CCc2cccc(C(F)(F)F)c2C1. The average molecular weight is 269 g/mol. The van der Waals surface area contributed by atoms with E-state index in [2.05, 4.69) is 0 Å². The van der Waals surface area contributed by atoms with E-state index < -0.39 is 11.7 Å². The predicted octanol–water partition coefficient (Wildman–Crippen LogP) is 3.17. The Kier molecular flexibility index (Phi) is 3.64. The van der Waals surface area contributed by atoms with Crippen LogP contribution in [0.5, 0.6) is 0 Å². The van der Waals surface area contributed by atoms with Crippen molar-refractivity contribution in [2.75, 3.05) is 6.54 Å². The number of carbonyl (C=O) groups is 1. The summed E-state index contributed by atoms with van der Waals surface area (Å²) in [5.74, 6) is -0.245. The summed E-state index contributed by atoms with van der Waals surface area (Å²) < 4.78 is 38.8. The second-order valence-electron chi connectivity index (χ2n) is 4.45. The van der Waals surface area contributed by atoms with Crippen molar-refractivity contribution in [2.24, 2.45) is 0 Å². The van der Waals surface area contributed by atoms with E-state index in [0.29, 0.717) is 18.5 Å². The molecule has 0 aliphatic carbocycles. The van der Waals surface area contributed by atoms with Gasteiger partial charge in [0.25, 0.3) is 0 Å². The van der Waals surface area contributed by atoms with Crippen LogP contribution in [-0.4, -0.2) is 17.4 Å².